The monoisotopic (exact) mass is 287 g/mol. The van der Waals surface area contributed by atoms with E-state index in [-0.39, 0.29) is 5.56 Å². The van der Waals surface area contributed by atoms with E-state index in [2.05, 4.69) is 29.4 Å². The van der Waals surface area contributed by atoms with Crippen molar-refractivity contribution >= 4 is 0 Å². The first-order valence-corrected chi connectivity index (χ1v) is 7.10. The van der Waals surface area contributed by atoms with Crippen LogP contribution in [0.2, 0.25) is 0 Å². The van der Waals surface area contributed by atoms with Gasteiger partial charge in [0.2, 0.25) is 0 Å². The Hall–Kier alpha value is -2.14. The van der Waals surface area contributed by atoms with Gasteiger partial charge in [0, 0.05) is 23.7 Å². The summed E-state index contributed by atoms with van der Waals surface area (Å²) in [5, 5.41) is 9.98. The summed E-state index contributed by atoms with van der Waals surface area (Å²) in [5.74, 6) is 0.793. The molecular weight excluding hydrogens is 266 g/mol. The predicted molar refractivity (Wildman–Crippen MR) is 83.4 cm³/mol. The molecule has 5 nitrogen and oxygen atoms in total. The number of ether oxygens (including phenoxy) is 1. The fourth-order valence-corrected chi connectivity index (χ4v) is 1.92. The van der Waals surface area contributed by atoms with Gasteiger partial charge in [-0.05, 0) is 43.7 Å². The van der Waals surface area contributed by atoms with Gasteiger partial charge >= 0.3 is 0 Å². The van der Waals surface area contributed by atoms with E-state index in [0.717, 1.165) is 23.4 Å². The molecule has 1 heterocycles. The van der Waals surface area contributed by atoms with Crippen molar-refractivity contribution in [1.82, 2.24) is 15.5 Å². The second-order valence-corrected chi connectivity index (χ2v) is 5.03. The summed E-state index contributed by atoms with van der Waals surface area (Å²) >= 11 is 0. The fourth-order valence-electron chi connectivity index (χ4n) is 1.92. The smallest absolute Gasteiger partial charge is 0.268 e. The summed E-state index contributed by atoms with van der Waals surface area (Å²) in [6.07, 6.45) is 1.02. The van der Waals surface area contributed by atoms with Gasteiger partial charge in [-0.1, -0.05) is 6.92 Å². The molecule has 1 aromatic heterocycles. The minimum absolute atomic E-state index is 0.150. The quantitative estimate of drug-likeness (QED) is 0.855. The number of methoxy groups -OCH3 is 1. The molecule has 0 fully saturated rings. The summed E-state index contributed by atoms with van der Waals surface area (Å²) in [4.78, 5) is 11.8. The number of hydrogen-bond acceptors (Lipinski definition) is 4. The summed E-state index contributed by atoms with van der Waals surface area (Å²) in [6, 6.07) is 9.80. The summed E-state index contributed by atoms with van der Waals surface area (Å²) in [5.41, 5.74) is 2.23. The first-order valence-electron chi connectivity index (χ1n) is 7.10. The zero-order valence-electron chi connectivity index (χ0n) is 12.6. The van der Waals surface area contributed by atoms with Crippen LogP contribution in [0.1, 0.15) is 25.8 Å². The van der Waals surface area contributed by atoms with Gasteiger partial charge in [-0.2, -0.15) is 5.10 Å². The van der Waals surface area contributed by atoms with E-state index < -0.39 is 0 Å². The third-order valence-electron chi connectivity index (χ3n) is 3.52. The SMILES string of the molecule is CCC(C)NCc1cc(-c2ccc(OC)cc2)n[nH]c1=O. The van der Waals surface area contributed by atoms with Crippen molar-refractivity contribution < 1.29 is 4.74 Å². The number of hydrogen-bond donors (Lipinski definition) is 2. The molecular formula is C16H21N3O2. The highest BCUT2D eigenvalue weighted by atomic mass is 16.5. The van der Waals surface area contributed by atoms with E-state index in [1.54, 1.807) is 7.11 Å². The summed E-state index contributed by atoms with van der Waals surface area (Å²) in [7, 11) is 1.63. The molecule has 21 heavy (non-hydrogen) atoms. The van der Waals surface area contributed by atoms with Crippen LogP contribution in [0.15, 0.2) is 35.1 Å². The molecule has 1 unspecified atom stereocenters. The molecule has 0 spiro atoms. The van der Waals surface area contributed by atoms with Crippen molar-refractivity contribution in [3.8, 4) is 17.0 Å². The molecule has 0 bridgehead atoms. The molecule has 5 heteroatoms. The van der Waals surface area contributed by atoms with Gasteiger partial charge in [0.15, 0.2) is 0 Å². The van der Waals surface area contributed by atoms with Crippen LogP contribution < -0.4 is 15.6 Å². The third kappa shape index (κ3) is 3.92. The number of aromatic amines is 1. The Morgan fingerprint density at radius 1 is 1.33 bits per heavy atom. The first kappa shape index (κ1) is 15.3. The largest absolute Gasteiger partial charge is 0.497 e. The lowest BCUT2D eigenvalue weighted by molar-refractivity contribution is 0.415. The average molecular weight is 287 g/mol. The number of benzene rings is 1. The number of H-pyrrole nitrogens is 1. The van der Waals surface area contributed by atoms with Gasteiger partial charge in [0.25, 0.3) is 5.56 Å². The van der Waals surface area contributed by atoms with Gasteiger partial charge in [0.1, 0.15) is 5.75 Å². The van der Waals surface area contributed by atoms with Crippen LogP contribution in [-0.2, 0) is 6.54 Å². The van der Waals surface area contributed by atoms with Crippen LogP contribution in [0.4, 0.5) is 0 Å². The zero-order valence-corrected chi connectivity index (χ0v) is 12.6. The topological polar surface area (TPSA) is 67.0 Å². The molecule has 0 saturated heterocycles. The molecule has 0 amide bonds. The number of aromatic nitrogens is 2. The Kier molecular flexibility index (Phi) is 5.11. The van der Waals surface area contributed by atoms with E-state index >= 15 is 0 Å². The highest BCUT2D eigenvalue weighted by molar-refractivity contribution is 5.60. The number of nitrogens with zero attached hydrogens (tertiary/aromatic N) is 1. The molecule has 2 rings (SSSR count). The number of rotatable bonds is 6. The fraction of sp³-hybridized carbons (Fsp3) is 0.375. The third-order valence-corrected chi connectivity index (χ3v) is 3.52. The van der Waals surface area contributed by atoms with Crippen molar-refractivity contribution in [3.05, 3.63) is 46.2 Å². The summed E-state index contributed by atoms with van der Waals surface area (Å²) in [6.45, 7) is 4.74. The Labute approximate surface area is 124 Å². The van der Waals surface area contributed by atoms with Crippen LogP contribution in [0.5, 0.6) is 5.75 Å². The normalized spacial score (nSPS) is 12.1. The maximum Gasteiger partial charge on any atom is 0.268 e. The maximum atomic E-state index is 11.8. The summed E-state index contributed by atoms with van der Waals surface area (Å²) < 4.78 is 5.14. The molecule has 112 valence electrons. The van der Waals surface area contributed by atoms with Crippen LogP contribution in [0.25, 0.3) is 11.3 Å². The Morgan fingerprint density at radius 3 is 2.67 bits per heavy atom. The Bertz CT molecular complexity index is 635. The van der Waals surface area contributed by atoms with Gasteiger partial charge < -0.3 is 10.1 Å². The van der Waals surface area contributed by atoms with Gasteiger partial charge in [-0.25, -0.2) is 5.10 Å². The number of nitrogens with one attached hydrogen (secondary N) is 2. The van der Waals surface area contributed by atoms with E-state index in [9.17, 15) is 4.79 Å². The Morgan fingerprint density at radius 2 is 2.05 bits per heavy atom. The van der Waals surface area contributed by atoms with Crippen LogP contribution in [0, 0.1) is 0 Å². The molecule has 1 aromatic carbocycles. The van der Waals surface area contributed by atoms with Crippen molar-refractivity contribution in [2.45, 2.75) is 32.9 Å². The van der Waals surface area contributed by atoms with E-state index in [1.165, 1.54) is 0 Å². The minimum Gasteiger partial charge on any atom is -0.497 e. The van der Waals surface area contributed by atoms with Crippen LogP contribution in [0.3, 0.4) is 0 Å². The molecule has 2 N–H and O–H groups in total. The Balaban J connectivity index is 2.22. The molecule has 0 aliphatic rings. The van der Waals surface area contributed by atoms with Gasteiger partial charge in [-0.15, -0.1) is 0 Å². The lowest BCUT2D eigenvalue weighted by Gasteiger charge is -2.11. The van der Waals surface area contributed by atoms with Crippen LogP contribution in [-0.4, -0.2) is 23.3 Å². The minimum atomic E-state index is -0.150. The molecule has 0 saturated carbocycles. The predicted octanol–water partition coefficient (Wildman–Crippen LogP) is 2.33. The molecule has 0 radical (unpaired) electrons. The molecule has 1 atom stereocenters. The highest BCUT2D eigenvalue weighted by Crippen LogP contribution is 2.20. The standard InChI is InChI=1S/C16H21N3O2/c1-4-11(2)17-10-13-9-15(18-19-16(13)20)12-5-7-14(21-3)8-6-12/h5-9,11,17H,4,10H2,1-3H3,(H,19,20). The van der Waals surface area contributed by atoms with Crippen molar-refractivity contribution in [2.75, 3.05) is 7.11 Å². The van der Waals surface area contributed by atoms with Gasteiger partial charge in [-0.3, -0.25) is 4.79 Å². The molecule has 2 aromatic rings. The van der Waals surface area contributed by atoms with Crippen molar-refractivity contribution in [3.63, 3.8) is 0 Å². The lowest BCUT2D eigenvalue weighted by Crippen LogP contribution is -2.28. The van der Waals surface area contributed by atoms with Crippen LogP contribution >= 0.6 is 0 Å². The molecule has 0 aliphatic carbocycles. The van der Waals surface area contributed by atoms with E-state index in [4.69, 9.17) is 4.74 Å². The maximum absolute atomic E-state index is 11.8. The molecule has 0 aliphatic heterocycles. The van der Waals surface area contributed by atoms with Crippen molar-refractivity contribution in [2.24, 2.45) is 0 Å². The first-order chi connectivity index (χ1) is 10.1. The van der Waals surface area contributed by atoms with Gasteiger partial charge in [0.05, 0.1) is 12.8 Å². The van der Waals surface area contributed by atoms with E-state index in [0.29, 0.717) is 18.2 Å². The lowest BCUT2D eigenvalue weighted by atomic mass is 10.1. The zero-order chi connectivity index (χ0) is 15.2. The second kappa shape index (κ2) is 7.04. The average Bonchev–Trinajstić information content (AvgIpc) is 2.54. The van der Waals surface area contributed by atoms with E-state index in [1.807, 2.05) is 30.3 Å². The van der Waals surface area contributed by atoms with Crippen molar-refractivity contribution in [1.29, 1.82) is 0 Å². The second-order valence-electron chi connectivity index (χ2n) is 5.03. The highest BCUT2D eigenvalue weighted by Gasteiger charge is 2.07.